The highest BCUT2D eigenvalue weighted by molar-refractivity contribution is 7.93. The molecule has 3 aromatic heterocycles. The van der Waals surface area contributed by atoms with Crippen LogP contribution in [-0.4, -0.2) is 75.1 Å². The number of amides is 1. The van der Waals surface area contributed by atoms with Crippen LogP contribution in [0.25, 0.3) is 11.3 Å². The van der Waals surface area contributed by atoms with Gasteiger partial charge in [0.05, 0.1) is 35.6 Å². The Hall–Kier alpha value is -3.71. The number of rotatable bonds is 10. The van der Waals surface area contributed by atoms with Crippen molar-refractivity contribution in [3.63, 3.8) is 0 Å². The fraction of sp³-hybridized carbons (Fsp3) is 0.481. The topological polar surface area (TPSA) is 166 Å². The molecule has 1 aliphatic heterocycles. The Morgan fingerprint density at radius 2 is 1.98 bits per heavy atom. The van der Waals surface area contributed by atoms with Crippen molar-refractivity contribution in [1.82, 2.24) is 29.8 Å². The van der Waals surface area contributed by atoms with E-state index in [1.807, 2.05) is 19.1 Å². The lowest BCUT2D eigenvalue weighted by atomic mass is 9.65. The largest absolute Gasteiger partial charge is 0.477 e. The molecule has 2 unspecified atom stereocenters. The molecule has 4 heterocycles. The van der Waals surface area contributed by atoms with Gasteiger partial charge in [-0.2, -0.15) is 0 Å². The number of nitrogens with one attached hydrogen (secondary N) is 1. The predicted octanol–water partition coefficient (Wildman–Crippen LogP) is 2.25. The van der Waals surface area contributed by atoms with Gasteiger partial charge in [-0.1, -0.05) is 0 Å². The fourth-order valence-electron chi connectivity index (χ4n) is 5.23. The summed E-state index contributed by atoms with van der Waals surface area (Å²) in [5.74, 6) is -0.629. The summed E-state index contributed by atoms with van der Waals surface area (Å²) in [4.78, 5) is 37.8. The number of carbonyl (C=O) groups is 1. The van der Waals surface area contributed by atoms with E-state index in [1.54, 1.807) is 24.7 Å². The molecule has 0 aromatic carbocycles. The molecular formula is C27H34N8O4S. The quantitative estimate of drug-likeness (QED) is 0.372. The van der Waals surface area contributed by atoms with Crippen molar-refractivity contribution < 1.29 is 17.9 Å². The third-order valence-corrected chi connectivity index (χ3v) is 9.44. The molecule has 1 saturated carbocycles. The lowest BCUT2D eigenvalue weighted by Gasteiger charge is -2.46. The zero-order valence-electron chi connectivity index (χ0n) is 22.8. The van der Waals surface area contributed by atoms with Gasteiger partial charge in [-0.05, 0) is 64.8 Å². The average Bonchev–Trinajstić information content (AvgIpc) is 3.80. The van der Waals surface area contributed by atoms with Gasteiger partial charge in [0.25, 0.3) is 0 Å². The van der Waals surface area contributed by atoms with Gasteiger partial charge >= 0.3 is 0 Å². The summed E-state index contributed by atoms with van der Waals surface area (Å²) >= 11 is 0. The number of sulfonamides is 1. The SMILES string of the molecule is CCOc1cncc(-c2ccc(C3CN(C(C)C)CCC3(C(N)=O)c3ccnc(NS(=O)(=O)C4CC4)n3)nc2)n1. The van der Waals surface area contributed by atoms with Gasteiger partial charge in [0.1, 0.15) is 5.41 Å². The van der Waals surface area contributed by atoms with Crippen LogP contribution in [0, 0.1) is 0 Å². The molecule has 1 amide bonds. The van der Waals surface area contributed by atoms with Crippen molar-refractivity contribution in [2.24, 2.45) is 5.73 Å². The minimum Gasteiger partial charge on any atom is -0.477 e. The maximum Gasteiger partial charge on any atom is 0.237 e. The molecule has 2 fully saturated rings. The number of piperidine rings is 1. The van der Waals surface area contributed by atoms with Gasteiger partial charge in [-0.25, -0.2) is 23.4 Å². The second-order valence-corrected chi connectivity index (χ2v) is 12.4. The number of anilines is 1. The van der Waals surface area contributed by atoms with Gasteiger partial charge in [0.15, 0.2) is 0 Å². The van der Waals surface area contributed by atoms with Crippen LogP contribution in [0.2, 0.25) is 0 Å². The number of aromatic nitrogens is 5. The number of pyridine rings is 1. The molecule has 1 aliphatic carbocycles. The Morgan fingerprint density at radius 3 is 2.62 bits per heavy atom. The predicted molar refractivity (Wildman–Crippen MR) is 149 cm³/mol. The van der Waals surface area contributed by atoms with Crippen LogP contribution in [0.15, 0.2) is 43.0 Å². The third kappa shape index (κ3) is 5.48. The van der Waals surface area contributed by atoms with Crippen molar-refractivity contribution in [3.05, 3.63) is 54.4 Å². The standard InChI is InChI=1S/C27H34N8O4S/c1-4-39-24-15-29-14-22(32-24)18-5-8-21(31-13-18)20-16-35(17(2)3)12-10-27(20,25(28)36)23-9-11-30-26(33-23)34-40(37,38)19-6-7-19/h5,8-9,11,13-15,17,19-20H,4,6-7,10,12,16H2,1-3H3,(H2,28,36)(H,30,33,34). The van der Waals surface area contributed by atoms with Crippen LogP contribution in [0.5, 0.6) is 5.88 Å². The minimum atomic E-state index is -3.58. The molecule has 0 bridgehead atoms. The Labute approximate surface area is 233 Å². The summed E-state index contributed by atoms with van der Waals surface area (Å²) in [6.07, 6.45) is 7.96. The summed E-state index contributed by atoms with van der Waals surface area (Å²) in [7, 11) is -3.58. The summed E-state index contributed by atoms with van der Waals surface area (Å²) in [5, 5.41) is -0.437. The molecule has 0 spiro atoms. The van der Waals surface area contributed by atoms with E-state index in [0.717, 1.165) is 5.56 Å². The second-order valence-electron chi connectivity index (χ2n) is 10.5. The van der Waals surface area contributed by atoms with Gasteiger partial charge in [0, 0.05) is 42.2 Å². The first-order chi connectivity index (χ1) is 19.1. The number of carbonyl (C=O) groups excluding carboxylic acids is 1. The van der Waals surface area contributed by atoms with Crippen molar-refractivity contribution in [3.8, 4) is 17.1 Å². The van der Waals surface area contributed by atoms with E-state index in [2.05, 4.69) is 43.4 Å². The first-order valence-corrected chi connectivity index (χ1v) is 15.0. The second kappa shape index (κ2) is 11.0. The first-order valence-electron chi connectivity index (χ1n) is 13.4. The molecule has 5 rings (SSSR count). The number of hydrogen-bond donors (Lipinski definition) is 2. The molecule has 12 nitrogen and oxygen atoms in total. The smallest absolute Gasteiger partial charge is 0.237 e. The Balaban J connectivity index is 1.53. The van der Waals surface area contributed by atoms with E-state index in [9.17, 15) is 13.2 Å². The van der Waals surface area contributed by atoms with Crippen LogP contribution in [0.4, 0.5) is 5.95 Å². The van der Waals surface area contributed by atoms with E-state index >= 15 is 0 Å². The minimum absolute atomic E-state index is 0.0638. The summed E-state index contributed by atoms with van der Waals surface area (Å²) < 4.78 is 33.1. The first kappa shape index (κ1) is 27.8. The highest BCUT2D eigenvalue weighted by atomic mass is 32.2. The van der Waals surface area contributed by atoms with Crippen LogP contribution < -0.4 is 15.2 Å². The van der Waals surface area contributed by atoms with E-state index < -0.39 is 32.5 Å². The number of nitrogens with two attached hydrogens (primary N) is 1. The van der Waals surface area contributed by atoms with Crippen LogP contribution in [0.3, 0.4) is 0 Å². The molecule has 212 valence electrons. The molecule has 1 saturated heterocycles. The zero-order chi connectivity index (χ0) is 28.5. The molecular weight excluding hydrogens is 532 g/mol. The van der Waals surface area contributed by atoms with Crippen LogP contribution >= 0.6 is 0 Å². The summed E-state index contributed by atoms with van der Waals surface area (Å²) in [6.45, 7) is 7.69. The van der Waals surface area contributed by atoms with Gasteiger partial charge in [-0.3, -0.25) is 19.5 Å². The molecule has 0 radical (unpaired) electrons. The Kier molecular flexibility index (Phi) is 7.69. The van der Waals surface area contributed by atoms with Crippen molar-refractivity contribution in [1.29, 1.82) is 0 Å². The number of likely N-dealkylation sites (tertiary alicyclic amines) is 1. The molecule has 13 heteroatoms. The molecule has 40 heavy (non-hydrogen) atoms. The average molecular weight is 567 g/mol. The van der Waals surface area contributed by atoms with Gasteiger partial charge in [0.2, 0.25) is 27.8 Å². The Morgan fingerprint density at radius 1 is 1.18 bits per heavy atom. The normalized spacial score (nSPS) is 21.8. The maximum atomic E-state index is 13.4. The lowest BCUT2D eigenvalue weighted by Crippen LogP contribution is -2.57. The van der Waals surface area contributed by atoms with Crippen molar-refractivity contribution in [2.75, 3.05) is 24.4 Å². The van der Waals surface area contributed by atoms with E-state index in [-0.39, 0.29) is 12.0 Å². The summed E-state index contributed by atoms with van der Waals surface area (Å²) in [6, 6.07) is 5.63. The number of hydrogen-bond acceptors (Lipinski definition) is 10. The number of primary amides is 1. The highest BCUT2D eigenvalue weighted by Crippen LogP contribution is 2.45. The highest BCUT2D eigenvalue weighted by Gasteiger charge is 2.52. The zero-order valence-corrected chi connectivity index (χ0v) is 23.6. The summed E-state index contributed by atoms with van der Waals surface area (Å²) in [5.41, 5.74) is 7.35. The molecule has 2 atom stereocenters. The van der Waals surface area contributed by atoms with Gasteiger partial charge in [-0.15, -0.1) is 0 Å². The van der Waals surface area contributed by atoms with Crippen LogP contribution in [0.1, 0.15) is 57.3 Å². The van der Waals surface area contributed by atoms with Gasteiger partial charge < -0.3 is 15.4 Å². The fourth-order valence-corrected chi connectivity index (χ4v) is 6.51. The number of ether oxygens (including phenoxy) is 1. The maximum absolute atomic E-state index is 13.4. The van der Waals surface area contributed by atoms with Crippen molar-refractivity contribution >= 4 is 21.9 Å². The van der Waals surface area contributed by atoms with Crippen molar-refractivity contribution in [2.45, 2.75) is 62.7 Å². The van der Waals surface area contributed by atoms with E-state index in [4.69, 9.17) is 15.5 Å². The monoisotopic (exact) mass is 566 g/mol. The Bertz CT molecular complexity index is 1480. The molecule has 3 N–H and O–H groups in total. The van der Waals surface area contributed by atoms with Crippen LogP contribution in [-0.2, 0) is 20.2 Å². The molecule has 3 aromatic rings. The van der Waals surface area contributed by atoms with E-state index in [1.165, 1.54) is 6.20 Å². The third-order valence-electron chi connectivity index (χ3n) is 7.63. The number of nitrogens with zero attached hydrogens (tertiary/aromatic N) is 6. The lowest BCUT2D eigenvalue weighted by molar-refractivity contribution is -0.126. The molecule has 2 aliphatic rings. The van der Waals surface area contributed by atoms with E-state index in [0.29, 0.717) is 61.9 Å².